The Morgan fingerprint density at radius 3 is 2.31 bits per heavy atom. The molecule has 0 bridgehead atoms. The van der Waals surface area contributed by atoms with Gasteiger partial charge in [-0.3, -0.25) is 4.79 Å². The summed E-state index contributed by atoms with van der Waals surface area (Å²) in [5, 5.41) is 2.99. The minimum absolute atomic E-state index is 0.224. The standard InChI is InChI=1S/C14H29NO/c1-4-5-6-7-8-9-12-15-14(16)11-10-13(2)3/h13H,4-12H2,1-3H3,(H,15,16). The molecule has 0 aromatic carbocycles. The van der Waals surface area contributed by atoms with Gasteiger partial charge in [-0.1, -0.05) is 52.9 Å². The number of carbonyl (C=O) groups is 1. The minimum Gasteiger partial charge on any atom is -0.356 e. The summed E-state index contributed by atoms with van der Waals surface area (Å²) in [6.45, 7) is 7.40. The summed E-state index contributed by atoms with van der Waals surface area (Å²) in [7, 11) is 0. The molecule has 0 aliphatic carbocycles. The second-order valence-electron chi connectivity index (χ2n) is 5.05. The zero-order valence-corrected chi connectivity index (χ0v) is 11.3. The number of amides is 1. The molecule has 0 heterocycles. The highest BCUT2D eigenvalue weighted by Crippen LogP contribution is 2.05. The van der Waals surface area contributed by atoms with Crippen LogP contribution in [0.3, 0.4) is 0 Å². The van der Waals surface area contributed by atoms with E-state index in [4.69, 9.17) is 0 Å². The third kappa shape index (κ3) is 11.5. The topological polar surface area (TPSA) is 29.1 Å². The molecule has 1 amide bonds. The molecule has 0 saturated carbocycles. The van der Waals surface area contributed by atoms with Crippen molar-refractivity contribution in [3.8, 4) is 0 Å². The lowest BCUT2D eigenvalue weighted by Gasteiger charge is -2.06. The third-order valence-corrected chi connectivity index (χ3v) is 2.80. The monoisotopic (exact) mass is 227 g/mol. The minimum atomic E-state index is 0.224. The van der Waals surface area contributed by atoms with Crippen molar-refractivity contribution < 1.29 is 4.79 Å². The molecule has 2 nitrogen and oxygen atoms in total. The Balaban J connectivity index is 3.15. The molecule has 0 rings (SSSR count). The molecule has 0 unspecified atom stereocenters. The highest BCUT2D eigenvalue weighted by Gasteiger charge is 2.01. The fraction of sp³-hybridized carbons (Fsp3) is 0.929. The SMILES string of the molecule is CCCCCCCCNC(=O)CCC(C)C. The maximum Gasteiger partial charge on any atom is 0.220 e. The molecule has 0 aliphatic rings. The van der Waals surface area contributed by atoms with Crippen molar-refractivity contribution in [1.82, 2.24) is 5.32 Å². The van der Waals surface area contributed by atoms with Crippen LogP contribution in [0.1, 0.15) is 72.1 Å². The van der Waals surface area contributed by atoms with Crippen molar-refractivity contribution in [3.05, 3.63) is 0 Å². The molecule has 0 aliphatic heterocycles. The lowest BCUT2D eigenvalue weighted by Crippen LogP contribution is -2.24. The van der Waals surface area contributed by atoms with Crippen LogP contribution in [0.2, 0.25) is 0 Å². The maximum atomic E-state index is 11.4. The maximum absolute atomic E-state index is 11.4. The molecule has 0 aromatic heterocycles. The summed E-state index contributed by atoms with van der Waals surface area (Å²) in [5.74, 6) is 0.849. The van der Waals surface area contributed by atoms with E-state index in [1.54, 1.807) is 0 Å². The van der Waals surface area contributed by atoms with Gasteiger partial charge in [-0.05, 0) is 18.8 Å². The highest BCUT2D eigenvalue weighted by atomic mass is 16.1. The van der Waals surface area contributed by atoms with Gasteiger partial charge < -0.3 is 5.32 Å². The average Bonchev–Trinajstić information content (AvgIpc) is 2.25. The lowest BCUT2D eigenvalue weighted by molar-refractivity contribution is -0.121. The summed E-state index contributed by atoms with van der Waals surface area (Å²) >= 11 is 0. The zero-order chi connectivity index (χ0) is 12.2. The van der Waals surface area contributed by atoms with Crippen LogP contribution < -0.4 is 5.32 Å². The first kappa shape index (κ1) is 15.5. The zero-order valence-electron chi connectivity index (χ0n) is 11.3. The Labute approximate surface area is 101 Å². The van der Waals surface area contributed by atoms with Crippen LogP contribution in [0, 0.1) is 5.92 Å². The van der Waals surface area contributed by atoms with E-state index in [1.165, 1.54) is 32.1 Å². The Hall–Kier alpha value is -0.530. The molecule has 0 atom stereocenters. The molecule has 0 saturated heterocycles. The molecule has 2 heteroatoms. The number of carbonyl (C=O) groups excluding carboxylic acids is 1. The number of rotatable bonds is 10. The Kier molecular flexibility index (Phi) is 10.6. The van der Waals surface area contributed by atoms with Crippen LogP contribution in [0.5, 0.6) is 0 Å². The molecule has 1 N–H and O–H groups in total. The van der Waals surface area contributed by atoms with E-state index >= 15 is 0 Å². The smallest absolute Gasteiger partial charge is 0.220 e. The molecule has 0 spiro atoms. The van der Waals surface area contributed by atoms with Gasteiger partial charge in [0.15, 0.2) is 0 Å². The predicted octanol–water partition coefficient (Wildman–Crippen LogP) is 3.90. The highest BCUT2D eigenvalue weighted by molar-refractivity contribution is 5.75. The number of hydrogen-bond acceptors (Lipinski definition) is 1. The van der Waals surface area contributed by atoms with Gasteiger partial charge in [0, 0.05) is 13.0 Å². The summed E-state index contributed by atoms with van der Waals surface area (Å²) in [6.07, 6.45) is 9.39. The Morgan fingerprint density at radius 2 is 1.69 bits per heavy atom. The van der Waals surface area contributed by atoms with Crippen LogP contribution in [0.4, 0.5) is 0 Å². The van der Waals surface area contributed by atoms with Gasteiger partial charge in [0.25, 0.3) is 0 Å². The summed E-state index contributed by atoms with van der Waals surface area (Å²) < 4.78 is 0. The van der Waals surface area contributed by atoms with E-state index in [0.29, 0.717) is 12.3 Å². The number of nitrogens with one attached hydrogen (secondary N) is 1. The van der Waals surface area contributed by atoms with E-state index < -0.39 is 0 Å². The molecule has 0 radical (unpaired) electrons. The van der Waals surface area contributed by atoms with Crippen LogP contribution in [0.15, 0.2) is 0 Å². The molecule has 0 fully saturated rings. The summed E-state index contributed by atoms with van der Waals surface area (Å²) in [5.41, 5.74) is 0. The first-order chi connectivity index (χ1) is 7.66. The van der Waals surface area contributed by atoms with Gasteiger partial charge in [-0.15, -0.1) is 0 Å². The van der Waals surface area contributed by atoms with Crippen molar-refractivity contribution in [2.45, 2.75) is 72.1 Å². The quantitative estimate of drug-likeness (QED) is 0.563. The van der Waals surface area contributed by atoms with Gasteiger partial charge in [0.05, 0.1) is 0 Å². The van der Waals surface area contributed by atoms with E-state index in [9.17, 15) is 4.79 Å². The van der Waals surface area contributed by atoms with Crippen LogP contribution >= 0.6 is 0 Å². The van der Waals surface area contributed by atoms with E-state index in [-0.39, 0.29) is 5.91 Å². The predicted molar refractivity (Wildman–Crippen MR) is 70.5 cm³/mol. The van der Waals surface area contributed by atoms with Gasteiger partial charge in [-0.2, -0.15) is 0 Å². The average molecular weight is 227 g/mol. The Morgan fingerprint density at radius 1 is 1.06 bits per heavy atom. The normalized spacial score (nSPS) is 10.8. The summed E-state index contributed by atoms with van der Waals surface area (Å²) in [4.78, 5) is 11.4. The van der Waals surface area contributed by atoms with Crippen LogP contribution in [0.25, 0.3) is 0 Å². The van der Waals surface area contributed by atoms with Crippen LogP contribution in [-0.2, 0) is 4.79 Å². The van der Waals surface area contributed by atoms with Gasteiger partial charge in [0.1, 0.15) is 0 Å². The van der Waals surface area contributed by atoms with E-state index in [2.05, 4.69) is 26.1 Å². The van der Waals surface area contributed by atoms with Gasteiger partial charge in [0.2, 0.25) is 5.91 Å². The van der Waals surface area contributed by atoms with Crippen molar-refractivity contribution in [1.29, 1.82) is 0 Å². The van der Waals surface area contributed by atoms with Crippen molar-refractivity contribution in [2.75, 3.05) is 6.54 Å². The molecule has 16 heavy (non-hydrogen) atoms. The second kappa shape index (κ2) is 11.0. The first-order valence-electron chi connectivity index (χ1n) is 6.93. The van der Waals surface area contributed by atoms with Crippen molar-refractivity contribution in [2.24, 2.45) is 5.92 Å². The van der Waals surface area contributed by atoms with Crippen LogP contribution in [-0.4, -0.2) is 12.5 Å². The van der Waals surface area contributed by atoms with Gasteiger partial charge >= 0.3 is 0 Å². The first-order valence-corrected chi connectivity index (χ1v) is 6.93. The molecular formula is C14H29NO. The fourth-order valence-corrected chi connectivity index (χ4v) is 1.64. The Bertz CT molecular complexity index is 166. The second-order valence-corrected chi connectivity index (χ2v) is 5.05. The largest absolute Gasteiger partial charge is 0.356 e. The summed E-state index contributed by atoms with van der Waals surface area (Å²) in [6, 6.07) is 0. The molecule has 0 aromatic rings. The molecule has 96 valence electrons. The fourth-order valence-electron chi connectivity index (χ4n) is 1.64. The van der Waals surface area contributed by atoms with Gasteiger partial charge in [-0.25, -0.2) is 0 Å². The number of hydrogen-bond donors (Lipinski definition) is 1. The van der Waals surface area contributed by atoms with E-state index in [1.807, 2.05) is 0 Å². The lowest BCUT2D eigenvalue weighted by atomic mass is 10.1. The third-order valence-electron chi connectivity index (χ3n) is 2.80. The van der Waals surface area contributed by atoms with Crippen molar-refractivity contribution in [3.63, 3.8) is 0 Å². The van der Waals surface area contributed by atoms with E-state index in [0.717, 1.165) is 19.4 Å². The number of unbranched alkanes of at least 4 members (excludes halogenated alkanes) is 5. The van der Waals surface area contributed by atoms with Crippen molar-refractivity contribution >= 4 is 5.91 Å². The molecular weight excluding hydrogens is 198 g/mol.